The van der Waals surface area contributed by atoms with Gasteiger partial charge in [-0.2, -0.15) is 5.26 Å². The number of hydrogen-bond acceptors (Lipinski definition) is 3. The van der Waals surface area contributed by atoms with Crippen LogP contribution in [0.1, 0.15) is 84.0 Å². The highest BCUT2D eigenvalue weighted by molar-refractivity contribution is 5.84. The van der Waals surface area contributed by atoms with Gasteiger partial charge in [0, 0.05) is 43.4 Å². The van der Waals surface area contributed by atoms with E-state index in [1.165, 1.54) is 44.9 Å². The quantitative estimate of drug-likeness (QED) is 0.644. The molecule has 4 unspecified atom stereocenters. The molecular weight excluding hydrogens is 398 g/mol. The van der Waals surface area contributed by atoms with Gasteiger partial charge in [-0.05, 0) is 94.3 Å². The minimum Gasteiger partial charge on any atom is -0.339 e. The van der Waals surface area contributed by atoms with Crippen LogP contribution in [0.3, 0.4) is 0 Å². The van der Waals surface area contributed by atoms with E-state index in [0.717, 1.165) is 49.9 Å². The van der Waals surface area contributed by atoms with Crippen LogP contribution >= 0.6 is 0 Å². The fourth-order valence-corrected chi connectivity index (χ4v) is 7.88. The summed E-state index contributed by atoms with van der Waals surface area (Å²) in [5.74, 6) is 4.15. The Hall–Kier alpha value is -1.57. The molecule has 0 radical (unpaired) electrons. The van der Waals surface area contributed by atoms with E-state index in [1.54, 1.807) is 0 Å². The number of nitriles is 1. The molecule has 4 aliphatic carbocycles. The van der Waals surface area contributed by atoms with Crippen LogP contribution in [0.2, 0.25) is 0 Å². The highest BCUT2D eigenvalue weighted by Gasteiger charge is 2.44. The van der Waals surface area contributed by atoms with Gasteiger partial charge in [0.05, 0.1) is 6.07 Å². The number of carbonyl (C=O) groups is 2. The van der Waals surface area contributed by atoms with Gasteiger partial charge in [0.15, 0.2) is 0 Å². The zero-order chi connectivity index (χ0) is 22.3. The predicted octanol–water partition coefficient (Wildman–Crippen LogP) is 4.62. The van der Waals surface area contributed by atoms with Gasteiger partial charge in [0.1, 0.15) is 0 Å². The largest absolute Gasteiger partial charge is 0.339 e. The maximum absolute atomic E-state index is 13.2. The van der Waals surface area contributed by atoms with Gasteiger partial charge in [-0.1, -0.05) is 13.3 Å². The van der Waals surface area contributed by atoms with Crippen molar-refractivity contribution in [3.05, 3.63) is 0 Å². The molecule has 0 N–H and O–H groups in total. The fraction of sp³-hybridized carbons (Fsp3) is 0.889. The second kappa shape index (κ2) is 8.99. The summed E-state index contributed by atoms with van der Waals surface area (Å²) in [7, 11) is 0. The van der Waals surface area contributed by atoms with Gasteiger partial charge in [0.25, 0.3) is 0 Å². The third kappa shape index (κ3) is 4.08. The SMILES string of the molecule is CC1(C(=O)N2CCN(C(=O)C3CCC(C4CCC5CCC(C#N)C5C4)CC3)CC2)CCC1. The Kier molecular flexibility index (Phi) is 6.25. The van der Waals surface area contributed by atoms with Gasteiger partial charge >= 0.3 is 0 Å². The van der Waals surface area contributed by atoms with E-state index in [1.807, 2.05) is 9.80 Å². The topological polar surface area (TPSA) is 64.4 Å². The highest BCUT2D eigenvalue weighted by Crippen LogP contribution is 2.51. The van der Waals surface area contributed by atoms with E-state index in [4.69, 9.17) is 0 Å². The maximum atomic E-state index is 13.2. The summed E-state index contributed by atoms with van der Waals surface area (Å²) in [5, 5.41) is 9.51. The second-order valence-corrected chi connectivity index (χ2v) is 12.0. The zero-order valence-corrected chi connectivity index (χ0v) is 19.9. The van der Waals surface area contributed by atoms with E-state index < -0.39 is 0 Å². The van der Waals surface area contributed by atoms with Crippen LogP contribution in [-0.2, 0) is 9.59 Å². The van der Waals surface area contributed by atoms with Crippen LogP contribution in [0.5, 0.6) is 0 Å². The van der Waals surface area contributed by atoms with Crippen molar-refractivity contribution in [1.82, 2.24) is 9.80 Å². The first-order valence-corrected chi connectivity index (χ1v) is 13.5. The number of piperazine rings is 1. The van der Waals surface area contributed by atoms with Crippen LogP contribution in [0.4, 0.5) is 0 Å². The molecule has 2 amide bonds. The molecule has 0 spiro atoms. The third-order valence-electron chi connectivity index (χ3n) is 10.3. The Labute approximate surface area is 193 Å². The van der Waals surface area contributed by atoms with Crippen LogP contribution in [0.15, 0.2) is 0 Å². The molecule has 1 aliphatic heterocycles. The average Bonchev–Trinajstić information content (AvgIpc) is 3.24. The minimum absolute atomic E-state index is 0.130. The summed E-state index contributed by atoms with van der Waals surface area (Å²) in [4.78, 5) is 30.0. The van der Waals surface area contributed by atoms with Crippen molar-refractivity contribution in [2.75, 3.05) is 26.2 Å². The molecule has 5 aliphatic rings. The molecule has 5 rings (SSSR count). The lowest BCUT2D eigenvalue weighted by molar-refractivity contribution is -0.151. The van der Waals surface area contributed by atoms with Crippen molar-refractivity contribution < 1.29 is 9.59 Å². The monoisotopic (exact) mass is 439 g/mol. The number of rotatable bonds is 3. The fourth-order valence-electron chi connectivity index (χ4n) is 7.88. The molecule has 176 valence electrons. The Balaban J connectivity index is 1.08. The molecule has 0 bridgehead atoms. The predicted molar refractivity (Wildman–Crippen MR) is 123 cm³/mol. The standard InChI is InChI=1S/C27H41N3O2/c1-27(11-2-12-27)26(32)30-15-13-29(14-16-30)25(31)21-7-3-19(4-8-21)22-9-5-20-6-10-23(18-28)24(20)17-22/h19-24H,2-17H2,1H3. The number of fused-ring (bicyclic) bond motifs is 1. The molecule has 5 fully saturated rings. The van der Waals surface area contributed by atoms with E-state index in [9.17, 15) is 14.9 Å². The summed E-state index contributed by atoms with van der Waals surface area (Å²) in [6, 6.07) is 2.59. The lowest BCUT2D eigenvalue weighted by Crippen LogP contribution is -2.56. The van der Waals surface area contributed by atoms with E-state index in [2.05, 4.69) is 13.0 Å². The molecule has 0 aromatic rings. The molecule has 4 saturated carbocycles. The van der Waals surface area contributed by atoms with Crippen molar-refractivity contribution in [2.45, 2.75) is 84.0 Å². The lowest BCUT2D eigenvalue weighted by Gasteiger charge is -2.44. The first-order chi connectivity index (χ1) is 15.5. The minimum atomic E-state index is -0.130. The first-order valence-electron chi connectivity index (χ1n) is 13.5. The average molecular weight is 440 g/mol. The highest BCUT2D eigenvalue weighted by atomic mass is 16.2. The van der Waals surface area contributed by atoms with Gasteiger partial charge in [-0.25, -0.2) is 0 Å². The summed E-state index contributed by atoms with van der Waals surface area (Å²) in [5.41, 5.74) is -0.130. The number of amides is 2. The third-order valence-corrected chi connectivity index (χ3v) is 10.3. The molecule has 4 atom stereocenters. The molecule has 1 saturated heterocycles. The Morgan fingerprint density at radius 2 is 1.41 bits per heavy atom. The van der Waals surface area contributed by atoms with Crippen molar-refractivity contribution in [3.8, 4) is 6.07 Å². The summed E-state index contributed by atoms with van der Waals surface area (Å²) >= 11 is 0. The van der Waals surface area contributed by atoms with Crippen molar-refractivity contribution in [1.29, 1.82) is 5.26 Å². The molecule has 1 heterocycles. The zero-order valence-electron chi connectivity index (χ0n) is 19.9. The lowest BCUT2D eigenvalue weighted by atomic mass is 9.65. The van der Waals surface area contributed by atoms with E-state index in [0.29, 0.717) is 49.8 Å². The van der Waals surface area contributed by atoms with Crippen LogP contribution in [0.25, 0.3) is 0 Å². The maximum Gasteiger partial charge on any atom is 0.228 e. The van der Waals surface area contributed by atoms with Gasteiger partial charge in [-0.3, -0.25) is 9.59 Å². The number of carbonyl (C=O) groups excluding carboxylic acids is 2. The number of hydrogen-bond donors (Lipinski definition) is 0. The normalized spacial score (nSPS) is 39.0. The summed E-state index contributed by atoms with van der Waals surface area (Å²) < 4.78 is 0. The molecular formula is C27H41N3O2. The Morgan fingerprint density at radius 1 is 0.812 bits per heavy atom. The Morgan fingerprint density at radius 3 is 2.03 bits per heavy atom. The summed E-state index contributed by atoms with van der Waals surface area (Å²) in [6.07, 6.45) is 14.0. The van der Waals surface area contributed by atoms with E-state index in [-0.39, 0.29) is 11.3 Å². The van der Waals surface area contributed by atoms with Crippen LogP contribution in [0, 0.1) is 52.3 Å². The smallest absolute Gasteiger partial charge is 0.228 e. The summed E-state index contributed by atoms with van der Waals surface area (Å²) in [6.45, 7) is 4.94. The van der Waals surface area contributed by atoms with Gasteiger partial charge in [-0.15, -0.1) is 0 Å². The molecule has 5 nitrogen and oxygen atoms in total. The van der Waals surface area contributed by atoms with Crippen LogP contribution < -0.4 is 0 Å². The Bertz CT molecular complexity index is 753. The molecule has 5 heteroatoms. The van der Waals surface area contributed by atoms with Gasteiger partial charge in [0.2, 0.25) is 11.8 Å². The second-order valence-electron chi connectivity index (χ2n) is 12.0. The van der Waals surface area contributed by atoms with Crippen LogP contribution in [-0.4, -0.2) is 47.8 Å². The van der Waals surface area contributed by atoms with Crippen molar-refractivity contribution in [2.24, 2.45) is 40.9 Å². The molecule has 0 aromatic heterocycles. The first kappa shape index (κ1) is 22.2. The van der Waals surface area contributed by atoms with Gasteiger partial charge < -0.3 is 9.80 Å². The van der Waals surface area contributed by atoms with Crippen molar-refractivity contribution in [3.63, 3.8) is 0 Å². The van der Waals surface area contributed by atoms with Crippen molar-refractivity contribution >= 4 is 11.8 Å². The number of nitrogens with zero attached hydrogens (tertiary/aromatic N) is 3. The van der Waals surface area contributed by atoms with E-state index >= 15 is 0 Å². The molecule has 32 heavy (non-hydrogen) atoms. The molecule has 0 aromatic carbocycles.